The number of ether oxygens (including phenoxy) is 1. The largest absolute Gasteiger partial charge is 0.503 e. The molecule has 0 bridgehead atoms. The first-order valence-corrected chi connectivity index (χ1v) is 4.82. The zero-order valence-electron chi connectivity index (χ0n) is 7.30. The molecule has 0 unspecified atom stereocenters. The van der Waals surface area contributed by atoms with Gasteiger partial charge in [-0.1, -0.05) is 15.9 Å². The van der Waals surface area contributed by atoms with Gasteiger partial charge in [0.05, 0.1) is 12.7 Å². The van der Waals surface area contributed by atoms with E-state index in [9.17, 15) is 13.9 Å². The quantitative estimate of drug-likeness (QED) is 0.857. The third-order valence-corrected chi connectivity index (χ3v) is 2.30. The van der Waals surface area contributed by atoms with Crippen LogP contribution in [-0.2, 0) is 5.33 Å². The smallest absolute Gasteiger partial charge is 0.267 e. The molecule has 0 saturated heterocycles. The van der Waals surface area contributed by atoms with Gasteiger partial charge in [0.2, 0.25) is 0 Å². The minimum Gasteiger partial charge on any atom is -0.503 e. The number of nitrogens with zero attached hydrogens (tertiary/aromatic N) is 1. The summed E-state index contributed by atoms with van der Waals surface area (Å²) in [5.41, 5.74) is -0.188. The van der Waals surface area contributed by atoms with Gasteiger partial charge in [-0.25, -0.2) is 13.8 Å². The molecule has 0 amide bonds. The van der Waals surface area contributed by atoms with E-state index in [2.05, 4.69) is 25.7 Å². The molecule has 0 saturated carbocycles. The standard InChI is InChI=1S/C8H8BrF2NO2/c1-14-8-6(13)5(7(10)11)4(2-9)3-12-8/h3,7,13H,2H2,1H3. The zero-order valence-corrected chi connectivity index (χ0v) is 8.88. The van der Waals surface area contributed by atoms with Crippen LogP contribution in [0.2, 0.25) is 0 Å². The molecule has 1 rings (SSSR count). The zero-order chi connectivity index (χ0) is 10.7. The van der Waals surface area contributed by atoms with Gasteiger partial charge in [-0.2, -0.15) is 0 Å². The summed E-state index contributed by atoms with van der Waals surface area (Å²) < 4.78 is 29.7. The molecule has 1 heterocycles. The fourth-order valence-electron chi connectivity index (χ4n) is 1.03. The Morgan fingerprint density at radius 2 is 2.29 bits per heavy atom. The molecule has 1 N–H and O–H groups in total. The Balaban J connectivity index is 3.31. The molecule has 0 aliphatic rings. The van der Waals surface area contributed by atoms with Gasteiger partial charge in [-0.05, 0) is 5.56 Å². The van der Waals surface area contributed by atoms with Gasteiger partial charge in [0, 0.05) is 11.5 Å². The average Bonchev–Trinajstić information content (AvgIpc) is 2.16. The Kier molecular flexibility index (Phi) is 3.62. The molecule has 0 radical (unpaired) electrons. The Bertz CT molecular complexity index is 333. The molecule has 0 atom stereocenters. The van der Waals surface area contributed by atoms with Crippen molar-refractivity contribution in [3.63, 3.8) is 0 Å². The van der Waals surface area contributed by atoms with E-state index in [1.165, 1.54) is 13.3 Å². The van der Waals surface area contributed by atoms with Gasteiger partial charge >= 0.3 is 0 Å². The molecule has 78 valence electrons. The summed E-state index contributed by atoms with van der Waals surface area (Å²) in [5.74, 6) is -0.788. The minimum atomic E-state index is -2.75. The summed E-state index contributed by atoms with van der Waals surface area (Å²) in [6.07, 6.45) is -1.51. The lowest BCUT2D eigenvalue weighted by Gasteiger charge is -2.10. The van der Waals surface area contributed by atoms with Crippen molar-refractivity contribution in [3.8, 4) is 11.6 Å². The van der Waals surface area contributed by atoms with Crippen molar-refractivity contribution in [2.75, 3.05) is 7.11 Å². The van der Waals surface area contributed by atoms with Crippen LogP contribution in [0.15, 0.2) is 6.20 Å². The van der Waals surface area contributed by atoms with E-state index in [-0.39, 0.29) is 16.8 Å². The van der Waals surface area contributed by atoms with Crippen molar-refractivity contribution in [1.29, 1.82) is 0 Å². The van der Waals surface area contributed by atoms with E-state index in [1.807, 2.05) is 0 Å². The molecule has 3 nitrogen and oxygen atoms in total. The summed E-state index contributed by atoms with van der Waals surface area (Å²) in [4.78, 5) is 3.68. The van der Waals surface area contributed by atoms with Gasteiger partial charge in [0.1, 0.15) is 0 Å². The van der Waals surface area contributed by atoms with Crippen LogP contribution in [0.4, 0.5) is 8.78 Å². The molecule has 1 aromatic rings. The van der Waals surface area contributed by atoms with Gasteiger partial charge in [0.15, 0.2) is 5.75 Å². The van der Waals surface area contributed by atoms with E-state index < -0.39 is 17.7 Å². The first-order chi connectivity index (χ1) is 6.61. The van der Waals surface area contributed by atoms with E-state index in [0.717, 1.165) is 0 Å². The summed E-state index contributed by atoms with van der Waals surface area (Å²) in [6.45, 7) is 0. The lowest BCUT2D eigenvalue weighted by molar-refractivity contribution is 0.145. The van der Waals surface area contributed by atoms with E-state index in [1.54, 1.807) is 0 Å². The minimum absolute atomic E-state index is 0.190. The van der Waals surface area contributed by atoms with Crippen molar-refractivity contribution in [2.45, 2.75) is 11.8 Å². The monoisotopic (exact) mass is 267 g/mol. The third kappa shape index (κ3) is 1.95. The Hall–Kier alpha value is -0.910. The van der Waals surface area contributed by atoms with Crippen molar-refractivity contribution < 1.29 is 18.6 Å². The molecule has 0 fully saturated rings. The molecule has 1 aromatic heterocycles. The number of aromatic nitrogens is 1. The summed E-state index contributed by atoms with van der Waals surface area (Å²) in [5, 5.41) is 9.59. The number of alkyl halides is 3. The molecule has 0 aromatic carbocycles. The maximum atomic E-state index is 12.5. The average molecular weight is 268 g/mol. The highest BCUT2D eigenvalue weighted by Gasteiger charge is 2.21. The first-order valence-electron chi connectivity index (χ1n) is 3.70. The first kappa shape index (κ1) is 11.2. The van der Waals surface area contributed by atoms with Crippen LogP contribution in [0.1, 0.15) is 17.6 Å². The van der Waals surface area contributed by atoms with Crippen LogP contribution in [-0.4, -0.2) is 17.2 Å². The Morgan fingerprint density at radius 1 is 1.64 bits per heavy atom. The van der Waals surface area contributed by atoms with E-state index in [4.69, 9.17) is 0 Å². The number of methoxy groups -OCH3 is 1. The predicted molar refractivity (Wildman–Crippen MR) is 50.0 cm³/mol. The number of aromatic hydroxyl groups is 1. The van der Waals surface area contributed by atoms with Crippen molar-refractivity contribution >= 4 is 15.9 Å². The number of halogens is 3. The van der Waals surface area contributed by atoms with Gasteiger partial charge in [0.25, 0.3) is 12.3 Å². The SMILES string of the molecule is COc1ncc(CBr)c(C(F)F)c1O. The number of hydrogen-bond acceptors (Lipinski definition) is 3. The lowest BCUT2D eigenvalue weighted by atomic mass is 10.1. The lowest BCUT2D eigenvalue weighted by Crippen LogP contribution is -1.98. The normalized spacial score (nSPS) is 10.6. The molecule has 0 spiro atoms. The Morgan fingerprint density at radius 3 is 2.71 bits per heavy atom. The van der Waals surface area contributed by atoms with Crippen molar-refractivity contribution in [1.82, 2.24) is 4.98 Å². The van der Waals surface area contributed by atoms with Crippen LogP contribution in [0, 0.1) is 0 Å². The van der Waals surface area contributed by atoms with Gasteiger partial charge < -0.3 is 9.84 Å². The second-order valence-electron chi connectivity index (χ2n) is 2.49. The molecule has 6 heteroatoms. The summed E-state index contributed by atoms with van der Waals surface area (Å²) in [6, 6.07) is 0. The maximum absolute atomic E-state index is 12.5. The van der Waals surface area contributed by atoms with Crippen LogP contribution >= 0.6 is 15.9 Å². The van der Waals surface area contributed by atoms with Crippen molar-refractivity contribution in [3.05, 3.63) is 17.3 Å². The molecule has 0 aliphatic carbocycles. The van der Waals surface area contributed by atoms with Crippen LogP contribution in [0.3, 0.4) is 0 Å². The van der Waals surface area contributed by atoms with E-state index in [0.29, 0.717) is 0 Å². The number of pyridine rings is 1. The predicted octanol–water partition coefficient (Wildman–Crippen LogP) is 2.63. The van der Waals surface area contributed by atoms with Crippen molar-refractivity contribution in [2.24, 2.45) is 0 Å². The number of hydrogen-bond donors (Lipinski definition) is 1. The van der Waals surface area contributed by atoms with Gasteiger partial charge in [-0.3, -0.25) is 0 Å². The molecular weight excluding hydrogens is 260 g/mol. The van der Waals surface area contributed by atoms with Crippen LogP contribution in [0.5, 0.6) is 11.6 Å². The highest BCUT2D eigenvalue weighted by atomic mass is 79.9. The van der Waals surface area contributed by atoms with Crippen LogP contribution in [0.25, 0.3) is 0 Å². The third-order valence-electron chi connectivity index (χ3n) is 1.70. The fourth-order valence-corrected chi connectivity index (χ4v) is 1.48. The Labute approximate surface area is 87.9 Å². The van der Waals surface area contributed by atoms with Crippen LogP contribution < -0.4 is 4.74 Å². The topological polar surface area (TPSA) is 42.4 Å². The second-order valence-corrected chi connectivity index (χ2v) is 3.05. The number of rotatable bonds is 3. The van der Waals surface area contributed by atoms with Gasteiger partial charge in [-0.15, -0.1) is 0 Å². The highest BCUT2D eigenvalue weighted by Crippen LogP contribution is 2.37. The molecule has 0 aliphatic heterocycles. The van der Waals surface area contributed by atoms with E-state index >= 15 is 0 Å². The maximum Gasteiger partial charge on any atom is 0.267 e. The summed E-state index contributed by atoms with van der Waals surface area (Å²) >= 11 is 3.03. The molecular formula is C8H8BrF2NO2. The fraction of sp³-hybridized carbons (Fsp3) is 0.375. The molecule has 14 heavy (non-hydrogen) atoms. The summed E-state index contributed by atoms with van der Waals surface area (Å²) in [7, 11) is 1.26. The second kappa shape index (κ2) is 4.54. The highest BCUT2D eigenvalue weighted by molar-refractivity contribution is 9.08.